The van der Waals surface area contributed by atoms with Gasteiger partial charge in [-0.2, -0.15) is 11.8 Å². The van der Waals surface area contributed by atoms with Crippen LogP contribution in [0.4, 0.5) is 5.13 Å². The van der Waals surface area contributed by atoms with E-state index in [1.165, 1.54) is 4.88 Å². The Morgan fingerprint density at radius 1 is 1.56 bits per heavy atom. The molecule has 0 aliphatic carbocycles. The molecule has 1 rings (SSSR count). The summed E-state index contributed by atoms with van der Waals surface area (Å²) in [5.41, 5.74) is 1.05. The summed E-state index contributed by atoms with van der Waals surface area (Å²) in [5, 5.41) is 4.26. The lowest BCUT2D eigenvalue weighted by Crippen LogP contribution is -2.30. The third-order valence-corrected chi connectivity index (χ3v) is 4.76. The third-order valence-electron chi connectivity index (χ3n) is 2.76. The van der Waals surface area contributed by atoms with E-state index in [-0.39, 0.29) is 0 Å². The van der Waals surface area contributed by atoms with Crippen LogP contribution < -0.4 is 10.2 Å². The molecule has 0 fully saturated rings. The van der Waals surface area contributed by atoms with Crippen LogP contribution in [0.25, 0.3) is 0 Å². The summed E-state index contributed by atoms with van der Waals surface area (Å²) in [6, 6.07) is 0.490. The van der Waals surface area contributed by atoms with Crippen molar-refractivity contribution in [3.63, 3.8) is 0 Å². The van der Waals surface area contributed by atoms with E-state index >= 15 is 0 Å². The number of nitrogens with zero attached hydrogens (tertiary/aromatic N) is 2. The minimum atomic E-state index is 0.490. The van der Waals surface area contributed by atoms with E-state index in [1.807, 2.05) is 18.8 Å². The Morgan fingerprint density at radius 3 is 2.83 bits per heavy atom. The topological polar surface area (TPSA) is 37.4 Å². The number of thioether (sulfide) groups is 1. The molecule has 0 radical (unpaired) electrons. The summed E-state index contributed by atoms with van der Waals surface area (Å²) >= 11 is 3.61. The van der Waals surface area contributed by atoms with Gasteiger partial charge in [0.1, 0.15) is 0 Å². The zero-order chi connectivity index (χ0) is 13.5. The summed E-state index contributed by atoms with van der Waals surface area (Å²) in [7, 11) is 5.78. The van der Waals surface area contributed by atoms with Crippen molar-refractivity contribution >= 4 is 28.2 Å². The van der Waals surface area contributed by atoms with Crippen LogP contribution in [0.2, 0.25) is 0 Å². The summed E-state index contributed by atoms with van der Waals surface area (Å²) in [5.74, 6) is 1.11. The van der Waals surface area contributed by atoms with Crippen LogP contribution in [-0.2, 0) is 17.9 Å². The average Bonchev–Trinajstić information content (AvgIpc) is 2.73. The molecule has 0 bridgehead atoms. The first-order chi connectivity index (χ1) is 8.63. The molecule has 1 N–H and O–H groups in total. The number of ether oxygens (including phenoxy) is 1. The Bertz CT molecular complexity index is 334. The fourth-order valence-electron chi connectivity index (χ4n) is 1.61. The number of methoxy groups -OCH3 is 1. The van der Waals surface area contributed by atoms with Crippen molar-refractivity contribution in [2.75, 3.05) is 38.1 Å². The molecule has 1 heterocycles. The fourth-order valence-corrected chi connectivity index (χ4v) is 3.46. The van der Waals surface area contributed by atoms with Crippen molar-refractivity contribution in [3.05, 3.63) is 10.6 Å². The van der Waals surface area contributed by atoms with E-state index < -0.39 is 0 Å². The molecule has 1 aromatic heterocycles. The van der Waals surface area contributed by atoms with Crippen LogP contribution in [0.15, 0.2) is 0 Å². The highest BCUT2D eigenvalue weighted by molar-refractivity contribution is 7.98. The first kappa shape index (κ1) is 15.8. The molecule has 0 amide bonds. The highest BCUT2D eigenvalue weighted by Crippen LogP contribution is 2.27. The first-order valence-electron chi connectivity index (χ1n) is 5.97. The number of hydrogen-bond acceptors (Lipinski definition) is 6. The predicted molar refractivity (Wildman–Crippen MR) is 81.8 cm³/mol. The molecule has 4 nitrogen and oxygen atoms in total. The monoisotopic (exact) mass is 289 g/mol. The zero-order valence-electron chi connectivity index (χ0n) is 11.8. The van der Waals surface area contributed by atoms with E-state index in [4.69, 9.17) is 9.72 Å². The molecule has 104 valence electrons. The molecule has 1 atom stereocenters. The molecule has 0 spiro atoms. The van der Waals surface area contributed by atoms with E-state index in [1.54, 1.807) is 18.4 Å². The van der Waals surface area contributed by atoms with Crippen LogP contribution >= 0.6 is 23.1 Å². The van der Waals surface area contributed by atoms with E-state index in [0.717, 1.165) is 23.1 Å². The van der Waals surface area contributed by atoms with E-state index in [2.05, 4.69) is 30.4 Å². The molecule has 18 heavy (non-hydrogen) atoms. The number of hydrogen-bond donors (Lipinski definition) is 1. The van der Waals surface area contributed by atoms with Gasteiger partial charge in [-0.15, -0.1) is 11.3 Å². The normalized spacial score (nSPS) is 12.7. The lowest BCUT2D eigenvalue weighted by Gasteiger charge is -2.23. The molecule has 0 saturated heterocycles. The molecule has 1 unspecified atom stereocenters. The summed E-state index contributed by atoms with van der Waals surface area (Å²) in [6.45, 7) is 3.66. The Balaban J connectivity index is 2.85. The number of thiazole rings is 1. The quantitative estimate of drug-likeness (QED) is 0.794. The average molecular weight is 289 g/mol. The van der Waals surface area contributed by atoms with Gasteiger partial charge in [0.05, 0.1) is 12.3 Å². The van der Waals surface area contributed by atoms with Crippen LogP contribution in [-0.4, -0.2) is 44.2 Å². The van der Waals surface area contributed by atoms with Crippen molar-refractivity contribution in [1.82, 2.24) is 10.3 Å². The molecule has 1 aromatic rings. The second kappa shape index (κ2) is 7.99. The van der Waals surface area contributed by atoms with Crippen LogP contribution in [0, 0.1) is 0 Å². The van der Waals surface area contributed by atoms with Crippen molar-refractivity contribution in [3.8, 4) is 0 Å². The third kappa shape index (κ3) is 4.12. The molecular formula is C12H23N3OS2. The largest absolute Gasteiger partial charge is 0.378 e. The smallest absolute Gasteiger partial charge is 0.185 e. The summed E-state index contributed by atoms with van der Waals surface area (Å²) in [4.78, 5) is 8.20. The Morgan fingerprint density at radius 2 is 2.28 bits per heavy atom. The second-order valence-corrected chi connectivity index (χ2v) is 6.22. The Hall–Kier alpha value is -0.300. The lowest BCUT2D eigenvalue weighted by atomic mass is 10.3. The molecular weight excluding hydrogens is 266 g/mol. The van der Waals surface area contributed by atoms with Crippen molar-refractivity contribution in [2.24, 2.45) is 0 Å². The first-order valence-corrected chi connectivity index (χ1v) is 8.18. The number of nitrogens with one attached hydrogen (secondary N) is 1. The van der Waals surface area contributed by atoms with Gasteiger partial charge in [-0.3, -0.25) is 0 Å². The van der Waals surface area contributed by atoms with Crippen molar-refractivity contribution < 1.29 is 4.74 Å². The van der Waals surface area contributed by atoms with Gasteiger partial charge in [0.25, 0.3) is 0 Å². The molecule has 0 aromatic carbocycles. The number of rotatable bonds is 8. The minimum absolute atomic E-state index is 0.490. The number of aromatic nitrogens is 1. The van der Waals surface area contributed by atoms with Gasteiger partial charge >= 0.3 is 0 Å². The van der Waals surface area contributed by atoms with Gasteiger partial charge in [0.2, 0.25) is 0 Å². The SMILES string of the molecule is CNCc1sc(N(C)C(C)CSC)nc1COC. The molecule has 0 aliphatic rings. The molecule has 0 aliphatic heterocycles. The van der Waals surface area contributed by atoms with Gasteiger partial charge in [-0.05, 0) is 20.2 Å². The highest BCUT2D eigenvalue weighted by Gasteiger charge is 2.16. The Labute approximate surface area is 118 Å². The van der Waals surface area contributed by atoms with Gasteiger partial charge < -0.3 is 15.0 Å². The van der Waals surface area contributed by atoms with Gasteiger partial charge in [0.15, 0.2) is 5.13 Å². The lowest BCUT2D eigenvalue weighted by molar-refractivity contribution is 0.181. The zero-order valence-corrected chi connectivity index (χ0v) is 13.5. The maximum atomic E-state index is 5.21. The van der Waals surface area contributed by atoms with Gasteiger partial charge in [-0.25, -0.2) is 4.98 Å². The highest BCUT2D eigenvalue weighted by atomic mass is 32.2. The van der Waals surface area contributed by atoms with Crippen molar-refractivity contribution in [1.29, 1.82) is 0 Å². The predicted octanol–water partition coefficient (Wildman–Crippen LogP) is 2.20. The van der Waals surface area contributed by atoms with Gasteiger partial charge in [-0.1, -0.05) is 0 Å². The van der Waals surface area contributed by atoms with Gasteiger partial charge in [0, 0.05) is 37.4 Å². The van der Waals surface area contributed by atoms with Crippen LogP contribution in [0.5, 0.6) is 0 Å². The van der Waals surface area contributed by atoms with Crippen LogP contribution in [0.1, 0.15) is 17.5 Å². The van der Waals surface area contributed by atoms with Crippen LogP contribution in [0.3, 0.4) is 0 Å². The molecule has 6 heteroatoms. The molecule has 0 saturated carbocycles. The van der Waals surface area contributed by atoms with E-state index in [0.29, 0.717) is 12.6 Å². The Kier molecular flexibility index (Phi) is 6.99. The second-order valence-electron chi connectivity index (χ2n) is 4.24. The minimum Gasteiger partial charge on any atom is -0.378 e. The standard InChI is InChI=1S/C12H23N3OS2/c1-9(8-17-5)15(3)12-14-10(7-16-4)11(18-12)6-13-2/h9,13H,6-8H2,1-5H3. The number of anilines is 1. The van der Waals surface area contributed by atoms with E-state index in [9.17, 15) is 0 Å². The maximum Gasteiger partial charge on any atom is 0.185 e. The summed E-state index contributed by atoms with van der Waals surface area (Å²) in [6.07, 6.45) is 2.13. The fraction of sp³-hybridized carbons (Fsp3) is 0.750. The van der Waals surface area contributed by atoms with Crippen molar-refractivity contribution in [2.45, 2.75) is 26.1 Å². The maximum absolute atomic E-state index is 5.21. The summed E-state index contributed by atoms with van der Waals surface area (Å²) < 4.78 is 5.21.